The Morgan fingerprint density at radius 3 is 2.75 bits per heavy atom. The number of carbonyl (C=O) groups excluding carboxylic acids is 1. The van der Waals surface area contributed by atoms with Crippen molar-refractivity contribution in [3.63, 3.8) is 0 Å². The van der Waals surface area contributed by atoms with Crippen LogP contribution in [-0.4, -0.2) is 28.3 Å². The summed E-state index contributed by atoms with van der Waals surface area (Å²) in [6.45, 7) is 4.86. The molecule has 5 nitrogen and oxygen atoms in total. The third-order valence-corrected chi connectivity index (χ3v) is 3.25. The Balaban J connectivity index is 2.13. The minimum absolute atomic E-state index is 0.0422. The van der Waals surface area contributed by atoms with Crippen molar-refractivity contribution in [2.75, 3.05) is 6.54 Å². The quantitative estimate of drug-likeness (QED) is 0.862. The number of benzene rings is 1. The molecule has 0 aliphatic rings. The molecule has 5 heteroatoms. The lowest BCUT2D eigenvalue weighted by molar-refractivity contribution is 0.0940. The van der Waals surface area contributed by atoms with Gasteiger partial charge in [-0.3, -0.25) is 9.48 Å². The fourth-order valence-electron chi connectivity index (χ4n) is 1.95. The van der Waals surface area contributed by atoms with E-state index in [1.807, 2.05) is 48.9 Å². The zero-order valence-electron chi connectivity index (χ0n) is 11.8. The highest BCUT2D eigenvalue weighted by atomic mass is 16.1. The number of hydrogen-bond donors (Lipinski definition) is 2. The van der Waals surface area contributed by atoms with E-state index in [-0.39, 0.29) is 11.9 Å². The molecule has 20 heavy (non-hydrogen) atoms. The summed E-state index contributed by atoms with van der Waals surface area (Å²) in [6, 6.07) is 10.00. The van der Waals surface area contributed by atoms with E-state index < -0.39 is 0 Å². The molecule has 0 saturated carbocycles. The SMILES string of the molecule is Cc1c(C(=O)N[C@@H](C)CN)cnn1Cc1ccccc1. The van der Waals surface area contributed by atoms with Crippen LogP contribution in [0.3, 0.4) is 0 Å². The van der Waals surface area contributed by atoms with Gasteiger partial charge in [-0.25, -0.2) is 0 Å². The van der Waals surface area contributed by atoms with Gasteiger partial charge in [-0.15, -0.1) is 0 Å². The highest BCUT2D eigenvalue weighted by Gasteiger charge is 2.15. The summed E-state index contributed by atoms with van der Waals surface area (Å²) in [5.41, 5.74) is 8.12. The molecule has 0 spiro atoms. The molecule has 0 aliphatic heterocycles. The van der Waals surface area contributed by atoms with Crippen LogP contribution in [0.4, 0.5) is 0 Å². The Bertz CT molecular complexity index is 577. The first-order chi connectivity index (χ1) is 9.61. The third-order valence-electron chi connectivity index (χ3n) is 3.25. The van der Waals surface area contributed by atoms with Gasteiger partial charge >= 0.3 is 0 Å². The first-order valence-electron chi connectivity index (χ1n) is 6.69. The molecule has 0 aliphatic carbocycles. The number of aromatic nitrogens is 2. The van der Waals surface area contributed by atoms with E-state index in [1.54, 1.807) is 6.20 Å². The van der Waals surface area contributed by atoms with Crippen LogP contribution >= 0.6 is 0 Å². The average molecular weight is 272 g/mol. The molecule has 1 amide bonds. The summed E-state index contributed by atoms with van der Waals surface area (Å²) in [5, 5.41) is 7.14. The highest BCUT2D eigenvalue weighted by molar-refractivity contribution is 5.95. The highest BCUT2D eigenvalue weighted by Crippen LogP contribution is 2.10. The molecule has 1 atom stereocenters. The number of nitrogens with two attached hydrogens (primary N) is 1. The lowest BCUT2D eigenvalue weighted by Gasteiger charge is -2.11. The monoisotopic (exact) mass is 272 g/mol. The first kappa shape index (κ1) is 14.3. The second-order valence-electron chi connectivity index (χ2n) is 4.90. The molecule has 0 radical (unpaired) electrons. The molecule has 3 N–H and O–H groups in total. The standard InChI is InChI=1S/C15H20N4O/c1-11(8-16)18-15(20)14-9-17-19(12(14)2)10-13-6-4-3-5-7-13/h3-7,9,11H,8,10,16H2,1-2H3,(H,18,20)/t11-/m0/s1. The van der Waals surface area contributed by atoms with Gasteiger partial charge in [0.25, 0.3) is 5.91 Å². The molecule has 106 valence electrons. The topological polar surface area (TPSA) is 72.9 Å². The van der Waals surface area contributed by atoms with E-state index >= 15 is 0 Å². The Hall–Kier alpha value is -2.14. The van der Waals surface area contributed by atoms with Gasteiger partial charge in [-0.2, -0.15) is 5.10 Å². The maximum atomic E-state index is 12.1. The number of hydrogen-bond acceptors (Lipinski definition) is 3. The molecule has 0 saturated heterocycles. The number of nitrogens with one attached hydrogen (secondary N) is 1. The van der Waals surface area contributed by atoms with Gasteiger partial charge < -0.3 is 11.1 Å². The Morgan fingerprint density at radius 2 is 2.10 bits per heavy atom. The summed E-state index contributed by atoms with van der Waals surface area (Å²) in [4.78, 5) is 12.1. The average Bonchev–Trinajstić information content (AvgIpc) is 2.81. The zero-order chi connectivity index (χ0) is 14.5. The van der Waals surface area contributed by atoms with Crippen LogP contribution in [0.25, 0.3) is 0 Å². The molecule has 0 unspecified atom stereocenters. The van der Waals surface area contributed by atoms with E-state index in [1.165, 1.54) is 0 Å². The van der Waals surface area contributed by atoms with E-state index in [4.69, 9.17) is 5.73 Å². The second kappa shape index (κ2) is 6.34. The molecule has 2 rings (SSSR count). The summed E-state index contributed by atoms with van der Waals surface area (Å²) < 4.78 is 1.83. The predicted octanol–water partition coefficient (Wildman–Crippen LogP) is 1.32. The lowest BCUT2D eigenvalue weighted by Crippen LogP contribution is -2.37. The van der Waals surface area contributed by atoms with Crippen molar-refractivity contribution >= 4 is 5.91 Å². The predicted molar refractivity (Wildman–Crippen MR) is 78.5 cm³/mol. The minimum atomic E-state index is -0.125. The maximum Gasteiger partial charge on any atom is 0.254 e. The van der Waals surface area contributed by atoms with Gasteiger partial charge in [0.15, 0.2) is 0 Å². The van der Waals surface area contributed by atoms with Crippen LogP contribution in [0.1, 0.15) is 28.5 Å². The maximum absolute atomic E-state index is 12.1. The molecular formula is C15H20N4O. The number of rotatable bonds is 5. The molecular weight excluding hydrogens is 252 g/mol. The van der Waals surface area contributed by atoms with Gasteiger partial charge in [-0.05, 0) is 19.4 Å². The molecule has 1 aromatic heterocycles. The normalized spacial score (nSPS) is 12.2. The van der Waals surface area contributed by atoms with Crippen LogP contribution < -0.4 is 11.1 Å². The van der Waals surface area contributed by atoms with E-state index in [0.717, 1.165) is 11.3 Å². The van der Waals surface area contributed by atoms with Crippen molar-refractivity contribution in [3.05, 3.63) is 53.3 Å². The van der Waals surface area contributed by atoms with Crippen LogP contribution in [0, 0.1) is 6.92 Å². The van der Waals surface area contributed by atoms with Crippen molar-refractivity contribution in [1.82, 2.24) is 15.1 Å². The van der Waals surface area contributed by atoms with Crippen molar-refractivity contribution < 1.29 is 4.79 Å². The van der Waals surface area contributed by atoms with E-state index in [2.05, 4.69) is 10.4 Å². The van der Waals surface area contributed by atoms with Crippen molar-refractivity contribution in [2.45, 2.75) is 26.4 Å². The second-order valence-corrected chi connectivity index (χ2v) is 4.90. The number of nitrogens with zero attached hydrogens (tertiary/aromatic N) is 2. The Kier molecular flexibility index (Phi) is 4.53. The van der Waals surface area contributed by atoms with Gasteiger partial charge in [-0.1, -0.05) is 30.3 Å². The molecule has 1 aromatic carbocycles. The van der Waals surface area contributed by atoms with Gasteiger partial charge in [0.1, 0.15) is 0 Å². The minimum Gasteiger partial charge on any atom is -0.348 e. The summed E-state index contributed by atoms with van der Waals surface area (Å²) in [6.07, 6.45) is 1.61. The van der Waals surface area contributed by atoms with Crippen molar-refractivity contribution in [1.29, 1.82) is 0 Å². The lowest BCUT2D eigenvalue weighted by atomic mass is 10.2. The first-order valence-corrected chi connectivity index (χ1v) is 6.69. The molecule has 1 heterocycles. The third kappa shape index (κ3) is 3.24. The van der Waals surface area contributed by atoms with E-state index in [9.17, 15) is 4.79 Å². The van der Waals surface area contributed by atoms with E-state index in [0.29, 0.717) is 18.7 Å². The molecule has 0 bridgehead atoms. The Labute approximate surface area is 118 Å². The Morgan fingerprint density at radius 1 is 1.40 bits per heavy atom. The smallest absolute Gasteiger partial charge is 0.254 e. The van der Waals surface area contributed by atoms with Crippen LogP contribution in [0.2, 0.25) is 0 Å². The van der Waals surface area contributed by atoms with Crippen molar-refractivity contribution in [2.24, 2.45) is 5.73 Å². The number of amides is 1. The molecule has 0 fully saturated rings. The fourth-order valence-corrected chi connectivity index (χ4v) is 1.95. The summed E-state index contributed by atoms with van der Waals surface area (Å²) >= 11 is 0. The molecule has 2 aromatic rings. The van der Waals surface area contributed by atoms with Crippen LogP contribution in [-0.2, 0) is 6.54 Å². The van der Waals surface area contributed by atoms with Gasteiger partial charge in [0, 0.05) is 18.3 Å². The van der Waals surface area contributed by atoms with Gasteiger partial charge in [0.05, 0.1) is 18.3 Å². The zero-order valence-corrected chi connectivity index (χ0v) is 11.8. The number of carbonyl (C=O) groups is 1. The van der Waals surface area contributed by atoms with Crippen molar-refractivity contribution in [3.8, 4) is 0 Å². The van der Waals surface area contributed by atoms with Crippen LogP contribution in [0.15, 0.2) is 36.5 Å². The summed E-state index contributed by atoms with van der Waals surface area (Å²) in [7, 11) is 0. The fraction of sp³-hybridized carbons (Fsp3) is 0.333. The van der Waals surface area contributed by atoms with Gasteiger partial charge in [0.2, 0.25) is 0 Å². The summed E-state index contributed by atoms with van der Waals surface area (Å²) in [5.74, 6) is -0.125. The largest absolute Gasteiger partial charge is 0.348 e. The van der Waals surface area contributed by atoms with Crippen LogP contribution in [0.5, 0.6) is 0 Å².